The molecule has 0 aliphatic carbocycles. The summed E-state index contributed by atoms with van der Waals surface area (Å²) in [6.45, 7) is 1.55. The zero-order chi connectivity index (χ0) is 13.2. The van der Waals surface area contributed by atoms with Crippen LogP contribution in [0.5, 0.6) is 0 Å². The maximum atomic E-state index is 13.2. The molecule has 4 nitrogen and oxygen atoms in total. The molecule has 1 saturated heterocycles. The van der Waals surface area contributed by atoms with E-state index in [-0.39, 0.29) is 16.0 Å². The van der Waals surface area contributed by atoms with E-state index >= 15 is 0 Å². The van der Waals surface area contributed by atoms with Crippen LogP contribution in [0.1, 0.15) is 12.8 Å². The predicted octanol–water partition coefficient (Wildman–Crippen LogP) is 1.51. The Kier molecular flexibility index (Phi) is 4.21. The summed E-state index contributed by atoms with van der Waals surface area (Å²) in [7, 11) is -3.71. The minimum absolute atomic E-state index is 0.0701. The molecule has 1 aromatic rings. The zero-order valence-corrected chi connectivity index (χ0v) is 11.2. The van der Waals surface area contributed by atoms with Crippen LogP contribution in [-0.4, -0.2) is 27.5 Å². The third-order valence-electron chi connectivity index (χ3n) is 2.81. The van der Waals surface area contributed by atoms with Crippen molar-refractivity contribution in [2.75, 3.05) is 13.1 Å². The van der Waals surface area contributed by atoms with Gasteiger partial charge in [0.2, 0.25) is 10.0 Å². The lowest BCUT2D eigenvalue weighted by Gasteiger charge is -2.23. The number of nitrogens with one attached hydrogen (secondary N) is 2. The standard InChI is InChI=1S/C11H14ClFN2O2S/c12-8-5-9(13)7-11(6-8)18(16,17)15-10-1-3-14-4-2-10/h5-7,10,14-15H,1-4H2. The fraction of sp³-hybridized carbons (Fsp3) is 0.455. The van der Waals surface area contributed by atoms with Crippen LogP contribution in [0.2, 0.25) is 5.02 Å². The van der Waals surface area contributed by atoms with E-state index in [2.05, 4.69) is 10.0 Å². The van der Waals surface area contributed by atoms with Crippen LogP contribution in [0.3, 0.4) is 0 Å². The highest BCUT2D eigenvalue weighted by Crippen LogP contribution is 2.19. The van der Waals surface area contributed by atoms with Gasteiger partial charge in [-0.1, -0.05) is 11.6 Å². The largest absolute Gasteiger partial charge is 0.317 e. The van der Waals surface area contributed by atoms with Gasteiger partial charge >= 0.3 is 0 Å². The van der Waals surface area contributed by atoms with E-state index in [0.29, 0.717) is 0 Å². The summed E-state index contributed by atoms with van der Waals surface area (Å²) in [4.78, 5) is -0.133. The maximum Gasteiger partial charge on any atom is 0.240 e. The quantitative estimate of drug-likeness (QED) is 0.888. The van der Waals surface area contributed by atoms with E-state index in [1.54, 1.807) is 0 Å². The summed E-state index contributed by atoms with van der Waals surface area (Å²) < 4.78 is 39.8. The van der Waals surface area contributed by atoms with Crippen LogP contribution in [0, 0.1) is 5.82 Å². The molecular formula is C11H14ClFN2O2S. The van der Waals surface area contributed by atoms with Gasteiger partial charge in [-0.2, -0.15) is 0 Å². The Labute approximate surface area is 111 Å². The van der Waals surface area contributed by atoms with Gasteiger partial charge in [0.15, 0.2) is 0 Å². The first-order valence-electron chi connectivity index (χ1n) is 5.66. The second kappa shape index (κ2) is 5.52. The summed E-state index contributed by atoms with van der Waals surface area (Å²) in [6.07, 6.45) is 1.45. The van der Waals surface area contributed by atoms with Gasteiger partial charge in [0.25, 0.3) is 0 Å². The lowest BCUT2D eigenvalue weighted by atomic mass is 10.1. The Morgan fingerprint density at radius 3 is 2.56 bits per heavy atom. The zero-order valence-electron chi connectivity index (χ0n) is 9.62. The van der Waals surface area contributed by atoms with Gasteiger partial charge in [-0.05, 0) is 44.1 Å². The summed E-state index contributed by atoms with van der Waals surface area (Å²) in [6, 6.07) is 3.17. The first kappa shape index (κ1) is 13.7. The lowest BCUT2D eigenvalue weighted by Crippen LogP contribution is -2.42. The van der Waals surface area contributed by atoms with Gasteiger partial charge in [0.1, 0.15) is 5.82 Å². The summed E-state index contributed by atoms with van der Waals surface area (Å²) >= 11 is 5.66. The van der Waals surface area contributed by atoms with Crippen LogP contribution in [0.25, 0.3) is 0 Å². The molecule has 7 heteroatoms. The topological polar surface area (TPSA) is 58.2 Å². The van der Waals surface area contributed by atoms with Crippen molar-refractivity contribution in [3.05, 3.63) is 29.0 Å². The smallest absolute Gasteiger partial charge is 0.240 e. The maximum absolute atomic E-state index is 13.2. The molecule has 1 aliphatic rings. The summed E-state index contributed by atoms with van der Waals surface area (Å²) in [5.74, 6) is -0.659. The molecule has 1 aliphatic heterocycles. The van der Waals surface area contributed by atoms with E-state index in [0.717, 1.165) is 38.1 Å². The van der Waals surface area contributed by atoms with E-state index in [9.17, 15) is 12.8 Å². The average Bonchev–Trinajstić information content (AvgIpc) is 2.28. The molecule has 2 rings (SSSR count). The minimum Gasteiger partial charge on any atom is -0.317 e. The number of hydrogen-bond acceptors (Lipinski definition) is 3. The highest BCUT2D eigenvalue weighted by molar-refractivity contribution is 7.89. The number of halogens is 2. The van der Waals surface area contributed by atoms with Crippen LogP contribution in [0.15, 0.2) is 23.1 Å². The Morgan fingerprint density at radius 2 is 1.94 bits per heavy atom. The molecule has 0 radical (unpaired) electrons. The third-order valence-corrected chi connectivity index (χ3v) is 4.53. The molecular weight excluding hydrogens is 279 g/mol. The van der Waals surface area contributed by atoms with Gasteiger partial charge in [-0.3, -0.25) is 0 Å². The fourth-order valence-corrected chi connectivity index (χ4v) is 3.56. The molecule has 2 N–H and O–H groups in total. The second-order valence-electron chi connectivity index (χ2n) is 4.25. The number of benzene rings is 1. The van der Waals surface area contributed by atoms with Gasteiger partial charge in [0, 0.05) is 11.1 Å². The van der Waals surface area contributed by atoms with Gasteiger partial charge in [0.05, 0.1) is 4.90 Å². The van der Waals surface area contributed by atoms with Crippen molar-refractivity contribution in [3.8, 4) is 0 Å². The molecule has 0 spiro atoms. The molecule has 0 atom stereocenters. The monoisotopic (exact) mass is 292 g/mol. The van der Waals surface area contributed by atoms with E-state index < -0.39 is 15.8 Å². The SMILES string of the molecule is O=S(=O)(NC1CCNCC1)c1cc(F)cc(Cl)c1. The normalized spacial score (nSPS) is 17.9. The van der Waals surface area contributed by atoms with Crippen molar-refractivity contribution in [2.45, 2.75) is 23.8 Å². The molecule has 100 valence electrons. The first-order chi connectivity index (χ1) is 8.47. The molecule has 18 heavy (non-hydrogen) atoms. The van der Waals surface area contributed by atoms with Crippen molar-refractivity contribution in [1.82, 2.24) is 10.0 Å². The van der Waals surface area contributed by atoms with Crippen molar-refractivity contribution in [3.63, 3.8) is 0 Å². The van der Waals surface area contributed by atoms with E-state index in [4.69, 9.17) is 11.6 Å². The molecule has 0 amide bonds. The van der Waals surface area contributed by atoms with Crippen LogP contribution >= 0.6 is 11.6 Å². The number of piperidine rings is 1. The minimum atomic E-state index is -3.71. The first-order valence-corrected chi connectivity index (χ1v) is 7.53. The Hall–Kier alpha value is -0.690. The molecule has 0 unspecified atom stereocenters. The number of sulfonamides is 1. The molecule has 0 aromatic heterocycles. The van der Waals surface area contributed by atoms with Crippen LogP contribution in [-0.2, 0) is 10.0 Å². The Bertz CT molecular complexity index is 510. The number of hydrogen-bond donors (Lipinski definition) is 2. The van der Waals surface area contributed by atoms with E-state index in [1.807, 2.05) is 0 Å². The molecule has 0 bridgehead atoms. The summed E-state index contributed by atoms with van der Waals surface area (Å²) in [5, 5.41) is 3.21. The van der Waals surface area contributed by atoms with Crippen molar-refractivity contribution < 1.29 is 12.8 Å². The van der Waals surface area contributed by atoms with Gasteiger partial charge < -0.3 is 5.32 Å². The van der Waals surface area contributed by atoms with Gasteiger partial charge in [-0.25, -0.2) is 17.5 Å². The number of rotatable bonds is 3. The molecule has 1 heterocycles. The molecule has 0 saturated carbocycles. The third kappa shape index (κ3) is 3.41. The van der Waals surface area contributed by atoms with Crippen molar-refractivity contribution in [2.24, 2.45) is 0 Å². The highest BCUT2D eigenvalue weighted by atomic mass is 35.5. The van der Waals surface area contributed by atoms with Crippen LogP contribution in [0.4, 0.5) is 4.39 Å². The van der Waals surface area contributed by atoms with Crippen LogP contribution < -0.4 is 10.0 Å². The van der Waals surface area contributed by atoms with Gasteiger partial charge in [-0.15, -0.1) is 0 Å². The predicted molar refractivity (Wildman–Crippen MR) is 67.6 cm³/mol. The lowest BCUT2D eigenvalue weighted by molar-refractivity contribution is 0.427. The van der Waals surface area contributed by atoms with Crippen molar-refractivity contribution in [1.29, 1.82) is 0 Å². The average molecular weight is 293 g/mol. The highest BCUT2D eigenvalue weighted by Gasteiger charge is 2.22. The Balaban J connectivity index is 2.19. The summed E-state index contributed by atoms with van der Waals surface area (Å²) in [5.41, 5.74) is 0. The molecule has 1 fully saturated rings. The molecule has 1 aromatic carbocycles. The van der Waals surface area contributed by atoms with Crippen molar-refractivity contribution >= 4 is 21.6 Å². The Morgan fingerprint density at radius 1 is 1.28 bits per heavy atom. The fourth-order valence-electron chi connectivity index (χ4n) is 1.91. The second-order valence-corrected chi connectivity index (χ2v) is 6.40. The van der Waals surface area contributed by atoms with E-state index in [1.165, 1.54) is 6.07 Å².